The van der Waals surface area contributed by atoms with Gasteiger partial charge in [0.25, 0.3) is 0 Å². The van der Waals surface area contributed by atoms with E-state index in [1.165, 1.54) is 0 Å². The Kier molecular flexibility index (Phi) is 4.14. The van der Waals surface area contributed by atoms with Gasteiger partial charge in [-0.1, -0.05) is 36.4 Å². The Labute approximate surface area is 124 Å². The van der Waals surface area contributed by atoms with Crippen LogP contribution in [0.4, 0.5) is 0 Å². The quantitative estimate of drug-likeness (QED) is 0.942. The lowest BCUT2D eigenvalue weighted by atomic mass is 9.96. The van der Waals surface area contributed by atoms with E-state index >= 15 is 0 Å². The van der Waals surface area contributed by atoms with Gasteiger partial charge >= 0.3 is 5.97 Å². The van der Waals surface area contributed by atoms with Crippen molar-refractivity contribution in [2.45, 2.75) is 17.7 Å². The lowest BCUT2D eigenvalue weighted by Gasteiger charge is -2.09. The first-order valence-corrected chi connectivity index (χ1v) is 8.31. The first-order valence-electron chi connectivity index (χ1n) is 6.42. The average Bonchev–Trinajstić information content (AvgIpc) is 2.46. The molecule has 0 saturated heterocycles. The van der Waals surface area contributed by atoms with Crippen molar-refractivity contribution in [3.8, 4) is 11.1 Å². The van der Waals surface area contributed by atoms with E-state index in [1.807, 2.05) is 12.1 Å². The average molecular weight is 304 g/mol. The molecule has 1 N–H and O–H groups in total. The van der Waals surface area contributed by atoms with E-state index in [0.29, 0.717) is 5.56 Å². The molecular formula is C16H16O4S. The van der Waals surface area contributed by atoms with Gasteiger partial charge in [-0.2, -0.15) is 0 Å². The van der Waals surface area contributed by atoms with Crippen LogP contribution in [0.2, 0.25) is 0 Å². The van der Waals surface area contributed by atoms with Crippen molar-refractivity contribution in [2.75, 3.05) is 6.26 Å². The standard InChI is InChI=1S/C16H16O4S/c1-11(16(17)18)13-4-3-5-14(10-13)12-6-8-15(9-7-12)21(2,19)20/h3-11H,1-2H3,(H,17,18). The molecule has 0 fully saturated rings. The molecule has 4 nitrogen and oxygen atoms in total. The van der Waals surface area contributed by atoms with Crippen molar-refractivity contribution in [3.05, 3.63) is 54.1 Å². The lowest BCUT2D eigenvalue weighted by molar-refractivity contribution is -0.138. The van der Waals surface area contributed by atoms with Gasteiger partial charge in [0.05, 0.1) is 10.8 Å². The first kappa shape index (κ1) is 15.3. The maximum atomic E-state index is 11.4. The molecule has 0 heterocycles. The van der Waals surface area contributed by atoms with Gasteiger partial charge in [-0.3, -0.25) is 4.79 Å². The summed E-state index contributed by atoms with van der Waals surface area (Å²) in [4.78, 5) is 11.3. The van der Waals surface area contributed by atoms with Crippen molar-refractivity contribution in [3.63, 3.8) is 0 Å². The van der Waals surface area contributed by atoms with Crippen LogP contribution in [0.25, 0.3) is 11.1 Å². The predicted molar refractivity (Wildman–Crippen MR) is 81.0 cm³/mol. The molecule has 5 heteroatoms. The topological polar surface area (TPSA) is 71.4 Å². The van der Waals surface area contributed by atoms with Gasteiger partial charge in [0.1, 0.15) is 0 Å². The van der Waals surface area contributed by atoms with Gasteiger partial charge < -0.3 is 5.11 Å². The minimum atomic E-state index is -3.21. The molecular weight excluding hydrogens is 288 g/mol. The number of carboxylic acid groups (broad SMARTS) is 1. The maximum Gasteiger partial charge on any atom is 0.310 e. The number of carboxylic acids is 1. The molecule has 110 valence electrons. The minimum absolute atomic E-state index is 0.265. The molecule has 2 aromatic carbocycles. The molecule has 0 spiro atoms. The van der Waals surface area contributed by atoms with Crippen LogP contribution < -0.4 is 0 Å². The van der Waals surface area contributed by atoms with Crippen molar-refractivity contribution in [2.24, 2.45) is 0 Å². The lowest BCUT2D eigenvalue weighted by Crippen LogP contribution is -2.07. The van der Waals surface area contributed by atoms with Crippen molar-refractivity contribution in [1.29, 1.82) is 0 Å². The highest BCUT2D eigenvalue weighted by Crippen LogP contribution is 2.25. The third-order valence-electron chi connectivity index (χ3n) is 3.37. The number of sulfone groups is 1. The summed E-state index contributed by atoms with van der Waals surface area (Å²) in [6.07, 6.45) is 1.16. The zero-order valence-electron chi connectivity index (χ0n) is 11.8. The van der Waals surface area contributed by atoms with Gasteiger partial charge in [0.15, 0.2) is 9.84 Å². The van der Waals surface area contributed by atoms with Gasteiger partial charge in [0.2, 0.25) is 0 Å². The zero-order valence-corrected chi connectivity index (χ0v) is 12.6. The summed E-state index contributed by atoms with van der Waals surface area (Å²) in [6.45, 7) is 1.63. The SMILES string of the molecule is CC(C(=O)O)c1cccc(-c2ccc(S(C)(=O)=O)cc2)c1. The highest BCUT2D eigenvalue weighted by atomic mass is 32.2. The highest BCUT2D eigenvalue weighted by Gasteiger charge is 2.14. The maximum absolute atomic E-state index is 11.4. The van der Waals surface area contributed by atoms with Crippen LogP contribution in [0.15, 0.2) is 53.4 Å². The Morgan fingerprint density at radius 2 is 1.67 bits per heavy atom. The highest BCUT2D eigenvalue weighted by molar-refractivity contribution is 7.90. The summed E-state index contributed by atoms with van der Waals surface area (Å²) < 4.78 is 22.9. The molecule has 0 radical (unpaired) electrons. The molecule has 1 unspecified atom stereocenters. The van der Waals surface area contributed by atoms with E-state index in [4.69, 9.17) is 5.11 Å². The smallest absolute Gasteiger partial charge is 0.310 e. The fraction of sp³-hybridized carbons (Fsp3) is 0.188. The number of carbonyl (C=O) groups is 1. The van der Waals surface area contributed by atoms with E-state index in [1.54, 1.807) is 43.3 Å². The largest absolute Gasteiger partial charge is 0.481 e. The van der Waals surface area contributed by atoms with Crippen LogP contribution >= 0.6 is 0 Å². The normalized spacial score (nSPS) is 12.9. The Hall–Kier alpha value is -2.14. The van der Waals surface area contributed by atoms with E-state index in [-0.39, 0.29) is 4.90 Å². The van der Waals surface area contributed by atoms with Gasteiger partial charge in [-0.25, -0.2) is 8.42 Å². The molecule has 2 aromatic rings. The Morgan fingerprint density at radius 1 is 1.05 bits per heavy atom. The molecule has 1 atom stereocenters. The predicted octanol–water partition coefficient (Wildman–Crippen LogP) is 2.95. The van der Waals surface area contributed by atoms with Crippen LogP contribution in [0, 0.1) is 0 Å². The number of hydrogen-bond acceptors (Lipinski definition) is 3. The fourth-order valence-corrected chi connectivity index (χ4v) is 2.66. The molecule has 2 rings (SSSR count). The number of aliphatic carboxylic acids is 1. The monoisotopic (exact) mass is 304 g/mol. The second-order valence-electron chi connectivity index (χ2n) is 4.98. The summed E-state index contributed by atoms with van der Waals surface area (Å²) in [7, 11) is -3.21. The molecule has 0 amide bonds. The van der Waals surface area contributed by atoms with Crippen molar-refractivity contribution < 1.29 is 18.3 Å². The summed E-state index contributed by atoms with van der Waals surface area (Å²) in [5.74, 6) is -1.46. The van der Waals surface area contributed by atoms with Gasteiger partial charge in [-0.15, -0.1) is 0 Å². The van der Waals surface area contributed by atoms with E-state index in [9.17, 15) is 13.2 Å². The molecule has 0 saturated carbocycles. The van der Waals surface area contributed by atoms with E-state index < -0.39 is 21.7 Å². The molecule has 0 aliphatic carbocycles. The van der Waals surface area contributed by atoms with Gasteiger partial charge in [-0.05, 0) is 35.7 Å². The Balaban J connectivity index is 2.39. The Morgan fingerprint density at radius 3 is 2.19 bits per heavy atom. The number of rotatable bonds is 4. The minimum Gasteiger partial charge on any atom is -0.481 e. The summed E-state index contributed by atoms with van der Waals surface area (Å²) in [5.41, 5.74) is 2.43. The fourth-order valence-electron chi connectivity index (χ4n) is 2.02. The molecule has 21 heavy (non-hydrogen) atoms. The number of benzene rings is 2. The second kappa shape index (κ2) is 5.69. The van der Waals surface area contributed by atoms with Crippen molar-refractivity contribution in [1.82, 2.24) is 0 Å². The van der Waals surface area contributed by atoms with Crippen LogP contribution in [0.5, 0.6) is 0 Å². The van der Waals surface area contributed by atoms with E-state index in [0.717, 1.165) is 17.4 Å². The summed E-state index contributed by atoms with van der Waals surface area (Å²) >= 11 is 0. The first-order chi connectivity index (χ1) is 9.79. The molecule has 0 aliphatic heterocycles. The Bertz CT molecular complexity index is 761. The zero-order chi connectivity index (χ0) is 15.6. The third kappa shape index (κ3) is 3.49. The van der Waals surface area contributed by atoms with Crippen LogP contribution in [0.1, 0.15) is 18.4 Å². The van der Waals surface area contributed by atoms with Gasteiger partial charge in [0, 0.05) is 6.26 Å². The summed E-state index contributed by atoms with van der Waals surface area (Å²) in [5, 5.41) is 9.06. The second-order valence-corrected chi connectivity index (χ2v) is 7.00. The summed E-state index contributed by atoms with van der Waals surface area (Å²) in [6, 6.07) is 13.8. The van der Waals surface area contributed by atoms with Crippen LogP contribution in [-0.4, -0.2) is 25.7 Å². The van der Waals surface area contributed by atoms with E-state index in [2.05, 4.69) is 0 Å². The molecule has 0 aromatic heterocycles. The third-order valence-corrected chi connectivity index (χ3v) is 4.50. The number of hydrogen-bond donors (Lipinski definition) is 1. The molecule has 0 bridgehead atoms. The van der Waals surface area contributed by atoms with Crippen LogP contribution in [-0.2, 0) is 14.6 Å². The van der Waals surface area contributed by atoms with Crippen LogP contribution in [0.3, 0.4) is 0 Å². The molecule has 0 aliphatic rings. The van der Waals surface area contributed by atoms with Crippen molar-refractivity contribution >= 4 is 15.8 Å².